The summed E-state index contributed by atoms with van der Waals surface area (Å²) in [5.41, 5.74) is -0.764. The molecule has 1 amide bonds. The Morgan fingerprint density at radius 1 is 1.14 bits per heavy atom. The number of nitrogens with one attached hydrogen (secondary N) is 1. The minimum Gasteiger partial charge on any atom is -0.454 e. The third-order valence-corrected chi connectivity index (χ3v) is 4.47. The molecule has 0 bridgehead atoms. The highest BCUT2D eigenvalue weighted by molar-refractivity contribution is 5.81. The number of fused-ring (bicyclic) bond motifs is 1. The zero-order valence-corrected chi connectivity index (χ0v) is 16.9. The number of carbonyl (C=O) groups excluding carboxylic acids is 2. The molecule has 2 aromatic heterocycles. The number of nitrogens with zero attached hydrogens (tertiary/aromatic N) is 4. The summed E-state index contributed by atoms with van der Waals surface area (Å²) in [5.74, 6) is -0.507. The van der Waals surface area contributed by atoms with Crippen LogP contribution >= 0.6 is 0 Å². The van der Waals surface area contributed by atoms with Crippen LogP contribution in [0.3, 0.4) is 0 Å². The molecule has 0 radical (unpaired) electrons. The van der Waals surface area contributed by atoms with Crippen LogP contribution in [-0.2, 0) is 35.0 Å². The van der Waals surface area contributed by atoms with Crippen molar-refractivity contribution in [2.75, 3.05) is 6.61 Å². The van der Waals surface area contributed by atoms with E-state index in [0.717, 1.165) is 17.4 Å². The van der Waals surface area contributed by atoms with Crippen molar-refractivity contribution in [1.82, 2.24) is 24.0 Å². The fourth-order valence-electron chi connectivity index (χ4n) is 2.82. The van der Waals surface area contributed by atoms with Gasteiger partial charge in [0.15, 0.2) is 17.8 Å². The van der Waals surface area contributed by atoms with Gasteiger partial charge >= 0.3 is 11.7 Å². The Kier molecular flexibility index (Phi) is 6.76. The second-order valence-electron chi connectivity index (χ2n) is 7.35. The number of amides is 1. The maximum Gasteiger partial charge on any atom is 0.332 e. The number of aryl methyl sites for hydroxylation is 1. The molecule has 28 heavy (non-hydrogen) atoms. The van der Waals surface area contributed by atoms with E-state index in [2.05, 4.69) is 24.1 Å². The lowest BCUT2D eigenvalue weighted by Gasteiger charge is -2.15. The van der Waals surface area contributed by atoms with E-state index in [-0.39, 0.29) is 29.7 Å². The van der Waals surface area contributed by atoms with Crippen LogP contribution in [0.15, 0.2) is 15.9 Å². The molecule has 1 N–H and O–H groups in total. The molecule has 2 aromatic rings. The van der Waals surface area contributed by atoms with E-state index in [4.69, 9.17) is 4.74 Å². The van der Waals surface area contributed by atoms with Crippen molar-refractivity contribution >= 4 is 23.0 Å². The molecule has 0 aromatic carbocycles. The summed E-state index contributed by atoms with van der Waals surface area (Å²) in [5, 5.41) is 2.78. The van der Waals surface area contributed by atoms with Gasteiger partial charge < -0.3 is 14.6 Å². The summed E-state index contributed by atoms with van der Waals surface area (Å²) in [6, 6.07) is -0.00416. The predicted octanol–water partition coefficient (Wildman–Crippen LogP) is -0.0822. The second-order valence-corrected chi connectivity index (χ2v) is 7.35. The summed E-state index contributed by atoms with van der Waals surface area (Å²) in [7, 11) is 2.84. The third-order valence-electron chi connectivity index (χ3n) is 4.47. The Labute approximate surface area is 162 Å². The number of hydrogen-bond donors (Lipinski definition) is 1. The quantitative estimate of drug-likeness (QED) is 0.627. The maximum atomic E-state index is 12.3. The summed E-state index contributed by atoms with van der Waals surface area (Å²) in [6.07, 6.45) is 3.13. The molecule has 0 aliphatic rings. The van der Waals surface area contributed by atoms with Crippen molar-refractivity contribution in [3.8, 4) is 0 Å². The Bertz CT molecular complexity index is 985. The highest BCUT2D eigenvalue weighted by Crippen LogP contribution is 2.07. The highest BCUT2D eigenvalue weighted by Gasteiger charge is 2.17. The molecular weight excluding hydrogens is 366 g/mol. The van der Waals surface area contributed by atoms with Crippen LogP contribution in [0.2, 0.25) is 0 Å². The fourth-order valence-corrected chi connectivity index (χ4v) is 2.82. The van der Waals surface area contributed by atoms with Crippen molar-refractivity contribution in [1.29, 1.82) is 0 Å². The van der Waals surface area contributed by atoms with Gasteiger partial charge in [-0.2, -0.15) is 0 Å². The minimum absolute atomic E-state index is 0.00416. The van der Waals surface area contributed by atoms with Crippen LogP contribution in [0.25, 0.3) is 11.2 Å². The lowest BCUT2D eigenvalue weighted by atomic mass is 10.0. The first-order valence-corrected chi connectivity index (χ1v) is 9.17. The van der Waals surface area contributed by atoms with Crippen molar-refractivity contribution in [3.63, 3.8) is 0 Å². The van der Waals surface area contributed by atoms with Gasteiger partial charge in [0.05, 0.1) is 6.33 Å². The van der Waals surface area contributed by atoms with E-state index in [1.54, 1.807) is 0 Å². The van der Waals surface area contributed by atoms with Crippen LogP contribution in [0.1, 0.15) is 33.6 Å². The Balaban J connectivity index is 1.98. The third kappa shape index (κ3) is 4.87. The van der Waals surface area contributed by atoms with Crippen LogP contribution in [0, 0.1) is 5.92 Å². The van der Waals surface area contributed by atoms with Gasteiger partial charge in [-0.25, -0.2) is 9.78 Å². The molecule has 0 unspecified atom stereocenters. The number of imidazole rings is 1. The molecule has 0 saturated carbocycles. The van der Waals surface area contributed by atoms with E-state index in [1.165, 1.54) is 29.6 Å². The molecule has 2 heterocycles. The van der Waals surface area contributed by atoms with Gasteiger partial charge in [-0.05, 0) is 25.7 Å². The number of aromatic nitrogens is 4. The number of rotatable bonds is 8. The minimum atomic E-state index is -0.680. The van der Waals surface area contributed by atoms with Gasteiger partial charge in [0.2, 0.25) is 0 Å². The van der Waals surface area contributed by atoms with E-state index >= 15 is 0 Å². The molecule has 10 heteroatoms. The first-order valence-electron chi connectivity index (χ1n) is 9.17. The Hall–Kier alpha value is -2.91. The summed E-state index contributed by atoms with van der Waals surface area (Å²) in [6.45, 7) is 5.44. The highest BCUT2D eigenvalue weighted by atomic mass is 16.5. The van der Waals surface area contributed by atoms with Crippen molar-refractivity contribution in [3.05, 3.63) is 27.2 Å². The predicted molar refractivity (Wildman–Crippen MR) is 103 cm³/mol. The van der Waals surface area contributed by atoms with E-state index in [1.807, 2.05) is 6.92 Å². The summed E-state index contributed by atoms with van der Waals surface area (Å²) >= 11 is 0. The number of carbonyl (C=O) groups is 2. The van der Waals surface area contributed by atoms with Gasteiger partial charge in [0.25, 0.3) is 11.5 Å². The van der Waals surface area contributed by atoms with E-state index in [0.29, 0.717) is 5.92 Å². The molecule has 0 saturated heterocycles. The van der Waals surface area contributed by atoms with Crippen LogP contribution in [0.5, 0.6) is 0 Å². The van der Waals surface area contributed by atoms with Crippen molar-refractivity contribution in [2.45, 2.75) is 46.2 Å². The largest absolute Gasteiger partial charge is 0.454 e. The molecule has 0 aliphatic heterocycles. The number of esters is 1. The first-order chi connectivity index (χ1) is 13.1. The molecular formula is C18H27N5O5. The molecule has 0 spiro atoms. The zero-order valence-electron chi connectivity index (χ0n) is 16.9. The number of ether oxygens (including phenoxy) is 1. The topological polar surface area (TPSA) is 117 Å². The van der Waals surface area contributed by atoms with Gasteiger partial charge in [-0.1, -0.05) is 13.8 Å². The smallest absolute Gasteiger partial charge is 0.332 e. The zero-order chi connectivity index (χ0) is 21.0. The monoisotopic (exact) mass is 393 g/mol. The molecule has 10 nitrogen and oxygen atoms in total. The number of hydrogen-bond acceptors (Lipinski definition) is 6. The second kappa shape index (κ2) is 8.85. The van der Waals surface area contributed by atoms with Crippen LogP contribution in [-0.4, -0.2) is 43.2 Å². The van der Waals surface area contributed by atoms with Gasteiger partial charge in [-0.3, -0.25) is 23.5 Å². The lowest BCUT2D eigenvalue weighted by Crippen LogP contribution is -2.38. The van der Waals surface area contributed by atoms with E-state index < -0.39 is 23.8 Å². The van der Waals surface area contributed by atoms with Gasteiger partial charge in [0, 0.05) is 20.1 Å². The molecule has 0 aliphatic carbocycles. The SMILES string of the molecule is CC(C)CC[C@H](C)NC(=O)COC(=O)Cn1cnc2c1c(=O)n(C)c(=O)n2C. The van der Waals surface area contributed by atoms with Gasteiger partial charge in [0.1, 0.15) is 6.54 Å². The Morgan fingerprint density at radius 3 is 2.46 bits per heavy atom. The first kappa shape index (κ1) is 21.4. The Morgan fingerprint density at radius 2 is 1.82 bits per heavy atom. The van der Waals surface area contributed by atoms with E-state index in [9.17, 15) is 19.2 Å². The lowest BCUT2D eigenvalue weighted by molar-refractivity contribution is -0.149. The average molecular weight is 393 g/mol. The van der Waals surface area contributed by atoms with Gasteiger partial charge in [-0.15, -0.1) is 0 Å². The molecule has 0 fully saturated rings. The average Bonchev–Trinajstić information content (AvgIpc) is 3.05. The maximum absolute atomic E-state index is 12.3. The van der Waals surface area contributed by atoms with Crippen molar-refractivity contribution in [2.24, 2.45) is 20.0 Å². The summed E-state index contributed by atoms with van der Waals surface area (Å²) < 4.78 is 8.48. The standard InChI is InChI=1S/C18H27N5O5/c1-11(2)6-7-12(3)20-13(24)9-28-14(25)8-23-10-19-16-15(23)17(26)22(5)18(27)21(16)4/h10-12H,6-9H2,1-5H3,(H,20,24)/t12-/m0/s1. The fraction of sp³-hybridized carbons (Fsp3) is 0.611. The van der Waals surface area contributed by atoms with Crippen LogP contribution < -0.4 is 16.6 Å². The molecule has 2 rings (SSSR count). The van der Waals surface area contributed by atoms with Crippen LogP contribution in [0.4, 0.5) is 0 Å². The normalized spacial score (nSPS) is 12.4. The van der Waals surface area contributed by atoms with Crippen molar-refractivity contribution < 1.29 is 14.3 Å². The molecule has 154 valence electrons. The molecule has 1 atom stereocenters. The summed E-state index contributed by atoms with van der Waals surface area (Å²) in [4.78, 5) is 52.3.